The van der Waals surface area contributed by atoms with Gasteiger partial charge < -0.3 is 19.9 Å². The molecule has 2 aromatic rings. The molecule has 0 radical (unpaired) electrons. The summed E-state index contributed by atoms with van der Waals surface area (Å²) >= 11 is 0. The Kier molecular flexibility index (Phi) is 7.80. The van der Waals surface area contributed by atoms with Gasteiger partial charge in [-0.25, -0.2) is 4.79 Å². The number of hydrogen-bond acceptors (Lipinski definition) is 6. The molecule has 0 spiro atoms. The molecule has 8 nitrogen and oxygen atoms in total. The molecule has 0 aromatic heterocycles. The molecule has 8 heteroatoms. The monoisotopic (exact) mass is 489 g/mol. The van der Waals surface area contributed by atoms with Gasteiger partial charge in [-0.15, -0.1) is 0 Å². The van der Waals surface area contributed by atoms with Gasteiger partial charge in [0.15, 0.2) is 0 Å². The zero-order valence-electron chi connectivity index (χ0n) is 21.3. The summed E-state index contributed by atoms with van der Waals surface area (Å²) in [5.41, 5.74) is 2.12. The van der Waals surface area contributed by atoms with Crippen molar-refractivity contribution in [1.29, 1.82) is 5.26 Å². The zero-order valence-corrected chi connectivity index (χ0v) is 21.3. The van der Waals surface area contributed by atoms with Crippen molar-refractivity contribution in [2.75, 3.05) is 37.6 Å². The summed E-state index contributed by atoms with van der Waals surface area (Å²) < 4.78 is 5.45. The molecular formula is C28H35N5O3. The number of hydrogen-bond donors (Lipinski definition) is 1. The normalized spacial score (nSPS) is 20.6. The number of ether oxygens (including phenoxy) is 1. The summed E-state index contributed by atoms with van der Waals surface area (Å²) in [6.45, 7) is 9.28. The van der Waals surface area contributed by atoms with Crippen molar-refractivity contribution in [3.63, 3.8) is 0 Å². The Balaban J connectivity index is 1.43. The molecule has 2 aliphatic heterocycles. The number of nitriles is 1. The molecule has 190 valence electrons. The number of alkyl carbamates (subject to hydrolysis) is 1. The molecule has 0 unspecified atom stereocenters. The average molecular weight is 490 g/mol. The van der Waals surface area contributed by atoms with Crippen molar-refractivity contribution in [2.45, 2.75) is 51.4 Å². The minimum atomic E-state index is -0.578. The van der Waals surface area contributed by atoms with Gasteiger partial charge in [-0.2, -0.15) is 5.26 Å². The van der Waals surface area contributed by atoms with Crippen LogP contribution in [-0.2, 0) is 16.1 Å². The molecule has 2 aliphatic rings. The van der Waals surface area contributed by atoms with Gasteiger partial charge in [0.2, 0.25) is 5.91 Å². The molecule has 1 N–H and O–H groups in total. The molecule has 2 saturated heterocycles. The Labute approximate surface area is 213 Å². The predicted octanol–water partition coefficient (Wildman–Crippen LogP) is 3.37. The van der Waals surface area contributed by atoms with Crippen LogP contribution in [0.15, 0.2) is 54.6 Å². The SMILES string of the molecule is CC(C)(C)OC(=O)N[C@H]1C[C@@H](C(=O)N2CCN(c3ccccc3C#N)CC2)N(Cc2ccccc2)C1. The number of carbonyl (C=O) groups is 2. The molecule has 0 saturated carbocycles. The second kappa shape index (κ2) is 11.0. The van der Waals surface area contributed by atoms with Crippen molar-refractivity contribution in [2.24, 2.45) is 0 Å². The van der Waals surface area contributed by atoms with E-state index in [1.807, 2.05) is 68.1 Å². The Hall–Kier alpha value is -3.57. The van der Waals surface area contributed by atoms with E-state index in [0.717, 1.165) is 11.3 Å². The van der Waals surface area contributed by atoms with Crippen LogP contribution in [0.3, 0.4) is 0 Å². The number of nitrogens with one attached hydrogen (secondary N) is 1. The van der Waals surface area contributed by atoms with Crippen molar-refractivity contribution in [3.8, 4) is 6.07 Å². The fraction of sp³-hybridized carbons (Fsp3) is 0.464. The number of para-hydroxylation sites is 1. The smallest absolute Gasteiger partial charge is 0.407 e. The van der Waals surface area contributed by atoms with E-state index in [9.17, 15) is 14.9 Å². The first-order valence-electron chi connectivity index (χ1n) is 12.5. The molecule has 2 heterocycles. The Morgan fingerprint density at radius 3 is 2.36 bits per heavy atom. The molecule has 4 rings (SSSR count). The van der Waals surface area contributed by atoms with E-state index in [0.29, 0.717) is 51.3 Å². The first kappa shape index (κ1) is 25.5. The van der Waals surface area contributed by atoms with Gasteiger partial charge >= 0.3 is 6.09 Å². The maximum atomic E-state index is 13.7. The fourth-order valence-electron chi connectivity index (χ4n) is 4.95. The lowest BCUT2D eigenvalue weighted by Crippen LogP contribution is -2.53. The standard InChI is InChI=1S/C28H35N5O3/c1-28(2,3)36-27(35)30-23-17-25(33(20-23)19-21-9-5-4-6-10-21)26(34)32-15-13-31(14-16-32)24-12-8-7-11-22(24)18-29/h4-12,23,25H,13-17,19-20H2,1-3H3,(H,30,35)/t23-,25-/m0/s1. The summed E-state index contributed by atoms with van der Waals surface area (Å²) in [4.78, 5) is 32.4. The molecule has 2 aromatic carbocycles. The number of nitrogens with zero attached hydrogens (tertiary/aromatic N) is 4. The topological polar surface area (TPSA) is 88.9 Å². The second-order valence-electron chi connectivity index (χ2n) is 10.5. The largest absolute Gasteiger partial charge is 0.444 e. The minimum absolute atomic E-state index is 0.0904. The van der Waals surface area contributed by atoms with Gasteiger partial charge in [0, 0.05) is 45.3 Å². The molecule has 2 fully saturated rings. The van der Waals surface area contributed by atoms with Crippen molar-refractivity contribution in [1.82, 2.24) is 15.1 Å². The average Bonchev–Trinajstić information content (AvgIpc) is 3.24. The summed E-state index contributed by atoms with van der Waals surface area (Å²) in [5.74, 6) is 0.0904. The van der Waals surface area contributed by atoms with E-state index in [1.54, 1.807) is 0 Å². The third kappa shape index (κ3) is 6.35. The van der Waals surface area contributed by atoms with Gasteiger partial charge in [-0.3, -0.25) is 9.69 Å². The number of carbonyl (C=O) groups excluding carboxylic acids is 2. The van der Waals surface area contributed by atoms with Crippen LogP contribution >= 0.6 is 0 Å². The lowest BCUT2D eigenvalue weighted by molar-refractivity contribution is -0.136. The van der Waals surface area contributed by atoms with Crippen LogP contribution in [0.4, 0.5) is 10.5 Å². The van der Waals surface area contributed by atoms with E-state index in [4.69, 9.17) is 4.74 Å². The molecule has 0 bridgehead atoms. The van der Waals surface area contributed by atoms with Gasteiger partial charge in [0.25, 0.3) is 0 Å². The molecule has 36 heavy (non-hydrogen) atoms. The third-order valence-corrected chi connectivity index (χ3v) is 6.59. The summed E-state index contributed by atoms with van der Waals surface area (Å²) in [6, 6.07) is 19.5. The van der Waals surface area contributed by atoms with Gasteiger partial charge in [0.1, 0.15) is 11.7 Å². The lowest BCUT2D eigenvalue weighted by Gasteiger charge is -2.38. The molecule has 2 amide bonds. The first-order valence-corrected chi connectivity index (χ1v) is 12.5. The van der Waals surface area contributed by atoms with E-state index < -0.39 is 11.7 Å². The lowest BCUT2D eigenvalue weighted by atomic mass is 10.1. The molecule has 2 atom stereocenters. The van der Waals surface area contributed by atoms with Crippen molar-refractivity contribution >= 4 is 17.7 Å². The molecule has 0 aliphatic carbocycles. The number of likely N-dealkylation sites (tertiary alicyclic amines) is 1. The quantitative estimate of drug-likeness (QED) is 0.693. The van der Waals surface area contributed by atoms with E-state index in [1.165, 1.54) is 0 Å². The Morgan fingerprint density at radius 2 is 1.69 bits per heavy atom. The predicted molar refractivity (Wildman–Crippen MR) is 138 cm³/mol. The van der Waals surface area contributed by atoms with Crippen LogP contribution in [0, 0.1) is 11.3 Å². The van der Waals surface area contributed by atoms with Crippen molar-refractivity contribution in [3.05, 3.63) is 65.7 Å². The van der Waals surface area contributed by atoms with E-state index >= 15 is 0 Å². The minimum Gasteiger partial charge on any atom is -0.444 e. The third-order valence-electron chi connectivity index (χ3n) is 6.59. The van der Waals surface area contributed by atoms with Crippen LogP contribution < -0.4 is 10.2 Å². The number of rotatable bonds is 5. The Morgan fingerprint density at radius 1 is 1.03 bits per heavy atom. The number of piperazine rings is 1. The van der Waals surface area contributed by atoms with E-state index in [2.05, 4.69) is 33.3 Å². The highest BCUT2D eigenvalue weighted by molar-refractivity contribution is 5.83. The number of amides is 2. The van der Waals surface area contributed by atoms with Gasteiger partial charge in [-0.05, 0) is 44.9 Å². The summed E-state index contributed by atoms with van der Waals surface area (Å²) in [5, 5.41) is 12.4. The van der Waals surface area contributed by atoms with Gasteiger partial charge in [0.05, 0.1) is 17.3 Å². The van der Waals surface area contributed by atoms with Crippen LogP contribution in [0.25, 0.3) is 0 Å². The van der Waals surface area contributed by atoms with Crippen LogP contribution in [0.2, 0.25) is 0 Å². The highest BCUT2D eigenvalue weighted by Gasteiger charge is 2.40. The van der Waals surface area contributed by atoms with Crippen LogP contribution in [-0.4, -0.2) is 72.2 Å². The zero-order chi connectivity index (χ0) is 25.7. The fourth-order valence-corrected chi connectivity index (χ4v) is 4.95. The van der Waals surface area contributed by atoms with E-state index in [-0.39, 0.29) is 18.0 Å². The second-order valence-corrected chi connectivity index (χ2v) is 10.5. The maximum Gasteiger partial charge on any atom is 0.407 e. The van der Waals surface area contributed by atoms with Gasteiger partial charge in [-0.1, -0.05) is 42.5 Å². The highest BCUT2D eigenvalue weighted by Crippen LogP contribution is 2.25. The highest BCUT2D eigenvalue weighted by atomic mass is 16.6. The van der Waals surface area contributed by atoms with Crippen molar-refractivity contribution < 1.29 is 14.3 Å². The number of anilines is 1. The maximum absolute atomic E-state index is 13.7. The summed E-state index contributed by atoms with van der Waals surface area (Å²) in [7, 11) is 0. The Bertz CT molecular complexity index is 1100. The van der Waals surface area contributed by atoms with Crippen LogP contribution in [0.1, 0.15) is 38.3 Å². The van der Waals surface area contributed by atoms with Crippen LogP contribution in [0.5, 0.6) is 0 Å². The molecular weight excluding hydrogens is 454 g/mol. The first-order chi connectivity index (χ1) is 17.2. The summed E-state index contributed by atoms with van der Waals surface area (Å²) in [6.07, 6.45) is 0.0904. The number of benzene rings is 2.